The molecule has 2 aliphatic carbocycles. The van der Waals surface area contributed by atoms with E-state index in [2.05, 4.69) is 18.0 Å². The number of allylic oxidation sites excluding steroid dienone is 2. The summed E-state index contributed by atoms with van der Waals surface area (Å²) < 4.78 is 5.71. The first-order valence-electron chi connectivity index (χ1n) is 10.6. The fraction of sp³-hybridized carbons (Fsp3) is 0.280. The Bertz CT molecular complexity index is 1250. The normalized spacial score (nSPS) is 23.6. The smallest absolute Gasteiger partial charge is 0.274 e. The van der Waals surface area contributed by atoms with E-state index in [9.17, 15) is 9.59 Å². The van der Waals surface area contributed by atoms with Crippen molar-refractivity contribution >= 4 is 22.6 Å². The topological polar surface area (TPSA) is 62.4 Å². The fourth-order valence-corrected chi connectivity index (χ4v) is 5.26. The van der Waals surface area contributed by atoms with E-state index in [0.717, 1.165) is 46.3 Å². The van der Waals surface area contributed by atoms with Gasteiger partial charge in [0.15, 0.2) is 5.78 Å². The van der Waals surface area contributed by atoms with Crippen molar-refractivity contribution in [3.8, 4) is 5.75 Å². The van der Waals surface area contributed by atoms with Crippen LogP contribution in [0, 0.1) is 5.92 Å². The summed E-state index contributed by atoms with van der Waals surface area (Å²) >= 11 is 0. The maximum Gasteiger partial charge on any atom is 0.274 e. The van der Waals surface area contributed by atoms with Crippen LogP contribution in [-0.4, -0.2) is 34.7 Å². The summed E-state index contributed by atoms with van der Waals surface area (Å²) in [6.45, 7) is 3.40. The van der Waals surface area contributed by atoms with Gasteiger partial charge in [0.2, 0.25) is 0 Å². The lowest BCUT2D eigenvalue weighted by Crippen LogP contribution is -2.33. The van der Waals surface area contributed by atoms with Gasteiger partial charge in [0.25, 0.3) is 5.91 Å². The van der Waals surface area contributed by atoms with Gasteiger partial charge in [0.05, 0.1) is 6.61 Å². The minimum absolute atomic E-state index is 0.00839. The average Bonchev–Trinajstić information content (AvgIpc) is 3.16. The average molecular weight is 398 g/mol. The highest BCUT2D eigenvalue weighted by atomic mass is 16.5. The van der Waals surface area contributed by atoms with Gasteiger partial charge >= 0.3 is 0 Å². The van der Waals surface area contributed by atoms with E-state index >= 15 is 0 Å². The summed E-state index contributed by atoms with van der Waals surface area (Å²) in [4.78, 5) is 31.2. The van der Waals surface area contributed by atoms with Gasteiger partial charge in [-0.2, -0.15) is 0 Å². The van der Waals surface area contributed by atoms with Crippen LogP contribution in [0.25, 0.3) is 10.9 Å². The molecule has 1 saturated carbocycles. The molecule has 1 spiro atoms. The van der Waals surface area contributed by atoms with Gasteiger partial charge in [-0.25, -0.2) is 0 Å². The molecule has 1 aromatic heterocycles. The molecular weight excluding hydrogens is 376 g/mol. The molecule has 1 amide bonds. The fourth-order valence-electron chi connectivity index (χ4n) is 5.26. The van der Waals surface area contributed by atoms with E-state index in [1.54, 1.807) is 11.0 Å². The lowest BCUT2D eigenvalue weighted by molar-refractivity contribution is 0.0806. The summed E-state index contributed by atoms with van der Waals surface area (Å²) in [6.07, 6.45) is 3.65. The van der Waals surface area contributed by atoms with Crippen LogP contribution in [0.1, 0.15) is 46.2 Å². The molecule has 0 radical (unpaired) electrons. The maximum atomic E-state index is 13.4. The standard InChI is InChI=1S/C25H22N2O3/c1-2-9-30-17-7-8-20-15(10-17)11-21(26-20)24(29)27-14-16-13-25(16)19-6-4-3-5-18(19)22(28)12-23(25)27/h3-8,10-12,16,26H,2,9,13-14H2,1H3/t16-,25-/m1/s1. The lowest BCUT2D eigenvalue weighted by atomic mass is 9.81. The molecule has 6 rings (SSSR count). The van der Waals surface area contributed by atoms with Crippen LogP contribution in [0.2, 0.25) is 0 Å². The van der Waals surface area contributed by atoms with Crippen molar-refractivity contribution in [2.24, 2.45) is 5.92 Å². The lowest BCUT2D eigenvalue weighted by Gasteiger charge is -2.29. The van der Waals surface area contributed by atoms with Crippen LogP contribution in [0.4, 0.5) is 0 Å². The number of nitrogens with one attached hydrogen (secondary N) is 1. The number of aromatic nitrogens is 1. The zero-order valence-electron chi connectivity index (χ0n) is 16.8. The van der Waals surface area contributed by atoms with Gasteiger partial charge in [0, 0.05) is 40.2 Å². The minimum atomic E-state index is -0.159. The third kappa shape index (κ3) is 2.29. The Hall–Kier alpha value is -3.34. The molecule has 2 heterocycles. The van der Waals surface area contributed by atoms with Crippen molar-refractivity contribution in [2.45, 2.75) is 25.2 Å². The number of rotatable bonds is 4. The molecule has 150 valence electrons. The summed E-state index contributed by atoms with van der Waals surface area (Å²) in [5, 5.41) is 0.949. The second-order valence-corrected chi connectivity index (χ2v) is 8.51. The van der Waals surface area contributed by atoms with Gasteiger partial charge in [-0.3, -0.25) is 9.59 Å². The Balaban J connectivity index is 1.35. The number of carbonyl (C=O) groups excluding carboxylic acids is 2. The molecular formula is C25H22N2O3. The second kappa shape index (κ2) is 6.08. The number of hydrogen-bond acceptors (Lipinski definition) is 3. The predicted molar refractivity (Wildman–Crippen MR) is 114 cm³/mol. The number of H-pyrrole nitrogens is 1. The Morgan fingerprint density at radius 3 is 2.97 bits per heavy atom. The largest absolute Gasteiger partial charge is 0.494 e. The van der Waals surface area contributed by atoms with E-state index in [0.29, 0.717) is 24.8 Å². The molecule has 0 bridgehead atoms. The second-order valence-electron chi connectivity index (χ2n) is 8.51. The van der Waals surface area contributed by atoms with Crippen molar-refractivity contribution in [2.75, 3.05) is 13.2 Å². The van der Waals surface area contributed by atoms with Crippen molar-refractivity contribution in [1.29, 1.82) is 0 Å². The predicted octanol–water partition coefficient (Wildman–Crippen LogP) is 4.45. The highest BCUT2D eigenvalue weighted by molar-refractivity contribution is 6.10. The van der Waals surface area contributed by atoms with Crippen LogP contribution in [0.3, 0.4) is 0 Å². The molecule has 1 N–H and O–H groups in total. The molecule has 3 aromatic rings. The number of aromatic amines is 1. The number of ether oxygens (including phenoxy) is 1. The molecule has 1 aliphatic heterocycles. The van der Waals surface area contributed by atoms with Gasteiger partial charge in [-0.1, -0.05) is 31.2 Å². The number of nitrogens with zero attached hydrogens (tertiary/aromatic N) is 1. The SMILES string of the molecule is CCCOc1ccc2[nH]c(C(=O)N3C[C@H]4C[C@@]45C3=CC(=O)c3ccccc35)cc2c1. The van der Waals surface area contributed by atoms with Crippen molar-refractivity contribution in [1.82, 2.24) is 9.88 Å². The summed E-state index contributed by atoms with van der Waals surface area (Å²) in [7, 11) is 0. The van der Waals surface area contributed by atoms with Gasteiger partial charge in [0.1, 0.15) is 11.4 Å². The van der Waals surface area contributed by atoms with Gasteiger partial charge in [-0.15, -0.1) is 0 Å². The van der Waals surface area contributed by atoms with Crippen molar-refractivity contribution < 1.29 is 14.3 Å². The quantitative estimate of drug-likeness (QED) is 0.706. The Labute approximate surface area is 174 Å². The van der Waals surface area contributed by atoms with Crippen LogP contribution >= 0.6 is 0 Å². The zero-order valence-corrected chi connectivity index (χ0v) is 16.8. The van der Waals surface area contributed by atoms with Crippen LogP contribution in [0.5, 0.6) is 5.75 Å². The minimum Gasteiger partial charge on any atom is -0.494 e. The summed E-state index contributed by atoms with van der Waals surface area (Å²) in [6, 6.07) is 15.5. The Morgan fingerprint density at radius 1 is 1.23 bits per heavy atom. The number of ketones is 1. The van der Waals surface area contributed by atoms with Crippen molar-refractivity contribution in [3.63, 3.8) is 0 Å². The zero-order chi connectivity index (χ0) is 20.5. The van der Waals surface area contributed by atoms with Crippen LogP contribution < -0.4 is 4.74 Å². The number of carbonyl (C=O) groups is 2. The maximum absolute atomic E-state index is 13.4. The number of benzene rings is 2. The first-order valence-corrected chi connectivity index (χ1v) is 10.6. The highest BCUT2D eigenvalue weighted by Crippen LogP contribution is 2.66. The summed E-state index contributed by atoms with van der Waals surface area (Å²) in [5.41, 5.74) is 4.02. The number of amides is 1. The molecule has 5 nitrogen and oxygen atoms in total. The molecule has 30 heavy (non-hydrogen) atoms. The molecule has 1 saturated heterocycles. The van der Waals surface area contributed by atoms with E-state index < -0.39 is 0 Å². The molecule has 2 atom stereocenters. The number of likely N-dealkylation sites (tertiary alicyclic amines) is 1. The van der Waals surface area contributed by atoms with E-state index in [1.807, 2.05) is 42.5 Å². The molecule has 2 fully saturated rings. The Morgan fingerprint density at radius 2 is 2.10 bits per heavy atom. The first kappa shape index (κ1) is 17.5. The third-order valence-corrected chi connectivity index (χ3v) is 6.74. The number of fused-ring (bicyclic) bond motifs is 2. The van der Waals surface area contributed by atoms with Crippen molar-refractivity contribution in [3.05, 3.63) is 77.1 Å². The molecule has 5 heteroatoms. The van der Waals surface area contributed by atoms with Crippen LogP contribution in [0.15, 0.2) is 60.3 Å². The first-order chi connectivity index (χ1) is 14.6. The van der Waals surface area contributed by atoms with E-state index in [4.69, 9.17) is 4.74 Å². The number of piperidine rings is 1. The van der Waals surface area contributed by atoms with E-state index in [1.165, 1.54) is 0 Å². The van der Waals surface area contributed by atoms with Gasteiger partial charge < -0.3 is 14.6 Å². The highest BCUT2D eigenvalue weighted by Gasteiger charge is 2.67. The molecule has 0 unspecified atom stereocenters. The summed E-state index contributed by atoms with van der Waals surface area (Å²) in [5.74, 6) is 1.11. The van der Waals surface area contributed by atoms with Gasteiger partial charge in [-0.05, 0) is 48.6 Å². The third-order valence-electron chi connectivity index (χ3n) is 6.74. The molecule has 3 aliphatic rings. The van der Waals surface area contributed by atoms with Crippen LogP contribution in [-0.2, 0) is 5.41 Å². The van der Waals surface area contributed by atoms with E-state index in [-0.39, 0.29) is 17.1 Å². The number of hydrogen-bond donors (Lipinski definition) is 1. The molecule has 2 aromatic carbocycles. The monoisotopic (exact) mass is 398 g/mol. The Kier molecular flexibility index (Phi) is 3.55.